The number of hydrogen-bond donors (Lipinski definition) is 1. The van der Waals surface area contributed by atoms with Gasteiger partial charge >= 0.3 is 0 Å². The van der Waals surface area contributed by atoms with Crippen LogP contribution in [0, 0.1) is 12.8 Å². The molecule has 1 aromatic heterocycles. The Balaban J connectivity index is 2.12. The summed E-state index contributed by atoms with van der Waals surface area (Å²) in [6.45, 7) is 1.95. The van der Waals surface area contributed by atoms with E-state index in [0.717, 1.165) is 29.8 Å². The van der Waals surface area contributed by atoms with Gasteiger partial charge in [0.15, 0.2) is 5.13 Å². The van der Waals surface area contributed by atoms with Gasteiger partial charge in [0.25, 0.3) is 5.91 Å². The molecule has 0 unspecified atom stereocenters. The van der Waals surface area contributed by atoms with Gasteiger partial charge in [-0.25, -0.2) is 17.7 Å². The van der Waals surface area contributed by atoms with E-state index in [4.69, 9.17) is 5.73 Å². The first-order valence-corrected chi connectivity index (χ1v) is 10.2. The van der Waals surface area contributed by atoms with Crippen molar-refractivity contribution in [2.45, 2.75) is 45.4 Å². The molecule has 2 N–H and O–H groups in total. The highest BCUT2D eigenvalue weighted by Gasteiger charge is 2.29. The van der Waals surface area contributed by atoms with Gasteiger partial charge in [-0.15, -0.1) is 11.3 Å². The third-order valence-corrected chi connectivity index (χ3v) is 6.06. The number of rotatable bonds is 5. The van der Waals surface area contributed by atoms with Crippen LogP contribution in [0.2, 0.25) is 0 Å². The van der Waals surface area contributed by atoms with E-state index < -0.39 is 15.9 Å². The van der Waals surface area contributed by atoms with E-state index in [1.165, 1.54) is 30.6 Å². The summed E-state index contributed by atoms with van der Waals surface area (Å²) in [6.07, 6.45) is 7.66. The van der Waals surface area contributed by atoms with Crippen molar-refractivity contribution in [3.05, 3.63) is 10.6 Å². The third kappa shape index (κ3) is 4.19. The smallest absolute Gasteiger partial charge is 0.287 e. The van der Waals surface area contributed by atoms with Crippen LogP contribution in [0.25, 0.3) is 0 Å². The van der Waals surface area contributed by atoms with Gasteiger partial charge < -0.3 is 5.73 Å². The highest BCUT2D eigenvalue weighted by atomic mass is 32.2. The lowest BCUT2D eigenvalue weighted by Crippen LogP contribution is -2.38. The van der Waals surface area contributed by atoms with Gasteiger partial charge in [-0.05, 0) is 19.3 Å². The molecule has 1 heterocycles. The van der Waals surface area contributed by atoms with Gasteiger partial charge in [0, 0.05) is 11.4 Å². The standard InChI is InChI=1S/C14H23N3O3S2/c1-10-12(16-14(15)21-10)13(18)17(22(2,19)20)9-8-11-6-4-3-5-7-11/h11H,3-9H2,1-2H3,(H2,15,16). The molecule has 22 heavy (non-hydrogen) atoms. The summed E-state index contributed by atoms with van der Waals surface area (Å²) in [5.41, 5.74) is 5.75. The van der Waals surface area contributed by atoms with E-state index >= 15 is 0 Å². The minimum absolute atomic E-state index is 0.150. The number of sulfonamides is 1. The number of amides is 1. The fourth-order valence-electron chi connectivity index (χ4n) is 2.93. The first-order chi connectivity index (χ1) is 10.3. The van der Waals surface area contributed by atoms with Gasteiger partial charge in [-0.2, -0.15) is 0 Å². The number of hydrogen-bond acceptors (Lipinski definition) is 6. The number of aromatic nitrogens is 1. The van der Waals surface area contributed by atoms with E-state index in [1.54, 1.807) is 6.92 Å². The zero-order valence-electron chi connectivity index (χ0n) is 13.0. The average Bonchev–Trinajstić information content (AvgIpc) is 2.77. The molecule has 0 radical (unpaired) electrons. The van der Waals surface area contributed by atoms with Crippen molar-refractivity contribution >= 4 is 32.4 Å². The summed E-state index contributed by atoms with van der Waals surface area (Å²) in [5.74, 6) is -0.0591. The van der Waals surface area contributed by atoms with Crippen molar-refractivity contribution in [2.75, 3.05) is 18.5 Å². The number of carbonyl (C=O) groups is 1. The van der Waals surface area contributed by atoms with Crippen molar-refractivity contribution < 1.29 is 13.2 Å². The molecule has 8 heteroatoms. The topological polar surface area (TPSA) is 93.4 Å². The van der Waals surface area contributed by atoms with Crippen LogP contribution >= 0.6 is 11.3 Å². The van der Waals surface area contributed by atoms with Crippen LogP contribution in [-0.4, -0.2) is 36.4 Å². The first-order valence-electron chi connectivity index (χ1n) is 7.54. The van der Waals surface area contributed by atoms with Crippen molar-refractivity contribution in [1.29, 1.82) is 0 Å². The molecular weight excluding hydrogens is 322 g/mol. The predicted octanol–water partition coefficient (Wildman–Crippen LogP) is 2.41. The SMILES string of the molecule is Cc1sc(N)nc1C(=O)N(CCC1CCCCC1)S(C)(=O)=O. The van der Waals surface area contributed by atoms with Gasteiger partial charge in [-0.1, -0.05) is 32.1 Å². The van der Waals surface area contributed by atoms with Gasteiger partial charge in [0.1, 0.15) is 5.69 Å². The molecular formula is C14H23N3O3S2. The maximum atomic E-state index is 12.5. The summed E-state index contributed by atoms with van der Waals surface area (Å²) in [5, 5.41) is 0.279. The van der Waals surface area contributed by atoms with Crippen LogP contribution in [0.1, 0.15) is 53.9 Å². The molecule has 124 valence electrons. The molecule has 0 aliphatic heterocycles. The zero-order valence-corrected chi connectivity index (χ0v) is 14.7. The van der Waals surface area contributed by atoms with Crippen LogP contribution < -0.4 is 5.73 Å². The van der Waals surface area contributed by atoms with Gasteiger partial charge in [0.05, 0.1) is 6.26 Å². The average molecular weight is 345 g/mol. The van der Waals surface area contributed by atoms with Gasteiger partial charge in [0.2, 0.25) is 10.0 Å². The normalized spacial score (nSPS) is 16.6. The first kappa shape index (κ1) is 17.2. The molecule has 1 aromatic rings. The Hall–Kier alpha value is -1.15. The quantitative estimate of drug-likeness (QED) is 0.884. The number of nitrogen functional groups attached to an aromatic ring is 1. The molecule has 1 amide bonds. The molecule has 1 saturated carbocycles. The summed E-state index contributed by atoms with van der Waals surface area (Å²) < 4.78 is 24.9. The molecule has 1 aliphatic rings. The Labute approximate surface area is 135 Å². The molecule has 0 bridgehead atoms. The fraction of sp³-hybridized carbons (Fsp3) is 0.714. The summed E-state index contributed by atoms with van der Waals surface area (Å²) >= 11 is 1.20. The lowest BCUT2D eigenvalue weighted by Gasteiger charge is -2.25. The van der Waals surface area contributed by atoms with Crippen LogP contribution in [0.4, 0.5) is 5.13 Å². The van der Waals surface area contributed by atoms with E-state index in [-0.39, 0.29) is 17.4 Å². The lowest BCUT2D eigenvalue weighted by molar-refractivity contribution is 0.0849. The predicted molar refractivity (Wildman–Crippen MR) is 88.3 cm³/mol. The number of carbonyl (C=O) groups excluding carboxylic acids is 1. The molecule has 0 saturated heterocycles. The highest BCUT2D eigenvalue weighted by Crippen LogP contribution is 2.27. The molecule has 0 atom stereocenters. The Morgan fingerprint density at radius 2 is 2.00 bits per heavy atom. The summed E-state index contributed by atoms with van der Waals surface area (Å²) in [6, 6.07) is 0. The second kappa shape index (κ2) is 6.95. The summed E-state index contributed by atoms with van der Waals surface area (Å²) in [4.78, 5) is 17.2. The Morgan fingerprint density at radius 3 is 2.50 bits per heavy atom. The fourth-order valence-corrected chi connectivity index (χ4v) is 4.43. The van der Waals surface area contributed by atoms with Crippen LogP contribution in [-0.2, 0) is 10.0 Å². The maximum Gasteiger partial charge on any atom is 0.287 e. The zero-order chi connectivity index (χ0) is 16.3. The van der Waals surface area contributed by atoms with Crippen molar-refractivity contribution in [3.63, 3.8) is 0 Å². The second-order valence-corrected chi connectivity index (χ2v) is 9.03. The summed E-state index contributed by atoms with van der Waals surface area (Å²) in [7, 11) is -3.61. The molecule has 6 nitrogen and oxygen atoms in total. The number of aryl methyl sites for hydroxylation is 1. The molecule has 0 spiro atoms. The van der Waals surface area contributed by atoms with E-state index in [1.807, 2.05) is 0 Å². The molecule has 1 aliphatic carbocycles. The molecule has 1 fully saturated rings. The number of anilines is 1. The Morgan fingerprint density at radius 1 is 1.36 bits per heavy atom. The highest BCUT2D eigenvalue weighted by molar-refractivity contribution is 7.88. The number of nitrogens with zero attached hydrogens (tertiary/aromatic N) is 2. The third-order valence-electron chi connectivity index (χ3n) is 4.11. The Bertz CT molecular complexity index is 634. The van der Waals surface area contributed by atoms with Crippen LogP contribution in [0.15, 0.2) is 0 Å². The number of thiazole rings is 1. The van der Waals surface area contributed by atoms with Crippen molar-refractivity contribution in [1.82, 2.24) is 9.29 Å². The van der Waals surface area contributed by atoms with E-state index in [0.29, 0.717) is 10.8 Å². The number of nitrogens with two attached hydrogens (primary N) is 1. The van der Waals surface area contributed by atoms with Crippen molar-refractivity contribution in [2.24, 2.45) is 5.92 Å². The maximum absolute atomic E-state index is 12.5. The largest absolute Gasteiger partial charge is 0.375 e. The minimum Gasteiger partial charge on any atom is -0.375 e. The van der Waals surface area contributed by atoms with Gasteiger partial charge in [-0.3, -0.25) is 4.79 Å². The molecule has 2 rings (SSSR count). The van der Waals surface area contributed by atoms with E-state index in [2.05, 4.69) is 4.98 Å². The van der Waals surface area contributed by atoms with Crippen LogP contribution in [0.3, 0.4) is 0 Å². The monoisotopic (exact) mass is 345 g/mol. The molecule has 0 aromatic carbocycles. The lowest BCUT2D eigenvalue weighted by atomic mass is 9.87. The van der Waals surface area contributed by atoms with Crippen LogP contribution in [0.5, 0.6) is 0 Å². The second-order valence-electron chi connectivity index (χ2n) is 5.89. The van der Waals surface area contributed by atoms with E-state index in [9.17, 15) is 13.2 Å². The minimum atomic E-state index is -3.61. The Kier molecular flexibility index (Phi) is 5.44. The van der Waals surface area contributed by atoms with Crippen molar-refractivity contribution in [3.8, 4) is 0 Å².